The van der Waals surface area contributed by atoms with E-state index in [2.05, 4.69) is 25.8 Å². The summed E-state index contributed by atoms with van der Waals surface area (Å²) in [6, 6.07) is 12.1. The average Bonchev–Trinajstić information content (AvgIpc) is 3.23. The maximum absolute atomic E-state index is 13.0. The van der Waals surface area contributed by atoms with E-state index in [1.54, 1.807) is 18.3 Å². The van der Waals surface area contributed by atoms with Crippen LogP contribution in [0.15, 0.2) is 48.7 Å². The third-order valence-electron chi connectivity index (χ3n) is 6.03. The number of hydrogen-bond donors (Lipinski definition) is 3. The highest BCUT2D eigenvalue weighted by molar-refractivity contribution is 5.83. The monoisotopic (exact) mass is 425 g/mol. The molecule has 2 amide bonds. The third kappa shape index (κ3) is 5.65. The van der Waals surface area contributed by atoms with Crippen LogP contribution in [0.1, 0.15) is 30.5 Å². The number of carbonyl (C=O) groups is 2. The van der Waals surface area contributed by atoms with Gasteiger partial charge in [-0.05, 0) is 42.7 Å². The van der Waals surface area contributed by atoms with Gasteiger partial charge in [-0.25, -0.2) is 4.39 Å². The minimum atomic E-state index is -0.289. The first-order valence-electron chi connectivity index (χ1n) is 10.8. The molecule has 2 fully saturated rings. The Morgan fingerprint density at radius 2 is 2.03 bits per heavy atom. The van der Waals surface area contributed by atoms with Gasteiger partial charge in [0, 0.05) is 50.9 Å². The Morgan fingerprint density at radius 3 is 2.81 bits per heavy atom. The summed E-state index contributed by atoms with van der Waals surface area (Å²) < 4.78 is 13.0. The first-order chi connectivity index (χ1) is 15.1. The van der Waals surface area contributed by atoms with Crippen LogP contribution in [0.25, 0.3) is 0 Å². The van der Waals surface area contributed by atoms with Crippen molar-refractivity contribution in [2.75, 3.05) is 13.1 Å². The fourth-order valence-corrected chi connectivity index (χ4v) is 4.33. The summed E-state index contributed by atoms with van der Waals surface area (Å²) >= 11 is 0. The predicted molar refractivity (Wildman–Crippen MR) is 114 cm³/mol. The van der Waals surface area contributed by atoms with Gasteiger partial charge in [0.1, 0.15) is 5.82 Å². The summed E-state index contributed by atoms with van der Waals surface area (Å²) in [5.41, 5.74) is 1.84. The van der Waals surface area contributed by atoms with Crippen LogP contribution in [0, 0.1) is 5.82 Å². The molecule has 0 bridgehead atoms. The minimum Gasteiger partial charge on any atom is -0.353 e. The molecule has 7 nitrogen and oxygen atoms in total. The number of carbonyl (C=O) groups excluding carboxylic acids is 2. The largest absolute Gasteiger partial charge is 0.353 e. The molecule has 1 aromatic heterocycles. The predicted octanol–water partition coefficient (Wildman–Crippen LogP) is 1.35. The average molecular weight is 426 g/mol. The zero-order valence-electron chi connectivity index (χ0n) is 17.4. The van der Waals surface area contributed by atoms with Crippen LogP contribution in [0.2, 0.25) is 0 Å². The Morgan fingerprint density at radius 1 is 1.19 bits per heavy atom. The van der Waals surface area contributed by atoms with E-state index in [1.807, 2.05) is 18.2 Å². The molecule has 2 aromatic rings. The van der Waals surface area contributed by atoms with Crippen LogP contribution < -0.4 is 16.0 Å². The number of aromatic nitrogens is 1. The number of piperazine rings is 1. The number of halogens is 1. The second-order valence-electron chi connectivity index (χ2n) is 8.19. The van der Waals surface area contributed by atoms with Gasteiger partial charge in [0.05, 0.1) is 11.7 Å². The van der Waals surface area contributed by atoms with Gasteiger partial charge < -0.3 is 16.0 Å². The number of pyridine rings is 1. The first kappa shape index (κ1) is 21.4. The van der Waals surface area contributed by atoms with E-state index in [-0.39, 0.29) is 35.8 Å². The van der Waals surface area contributed by atoms with Crippen molar-refractivity contribution in [2.24, 2.45) is 0 Å². The molecule has 2 aliphatic rings. The summed E-state index contributed by atoms with van der Waals surface area (Å²) in [7, 11) is 0. The molecule has 0 aliphatic carbocycles. The molecule has 2 saturated heterocycles. The molecule has 0 radical (unpaired) electrons. The first-order valence-corrected chi connectivity index (χ1v) is 10.8. The summed E-state index contributed by atoms with van der Waals surface area (Å²) in [4.78, 5) is 31.2. The van der Waals surface area contributed by atoms with Gasteiger partial charge in [0.2, 0.25) is 11.8 Å². The van der Waals surface area contributed by atoms with Crippen molar-refractivity contribution in [1.82, 2.24) is 25.8 Å². The normalized spacial score (nSPS) is 23.3. The highest BCUT2D eigenvalue weighted by Gasteiger charge is 2.43. The Labute approximate surface area is 181 Å². The van der Waals surface area contributed by atoms with Crippen molar-refractivity contribution in [3.05, 3.63) is 65.7 Å². The van der Waals surface area contributed by atoms with Gasteiger partial charge in [-0.15, -0.1) is 0 Å². The van der Waals surface area contributed by atoms with Crippen LogP contribution >= 0.6 is 0 Å². The Hall–Kier alpha value is -2.84. The lowest BCUT2D eigenvalue weighted by atomic mass is 10.0. The molecule has 0 unspecified atom stereocenters. The molecule has 31 heavy (non-hydrogen) atoms. The number of rotatable bonds is 8. The van der Waals surface area contributed by atoms with E-state index in [0.717, 1.165) is 24.2 Å². The minimum absolute atomic E-state index is 0.0400. The molecule has 3 N–H and O–H groups in total. The molecule has 0 saturated carbocycles. The van der Waals surface area contributed by atoms with E-state index in [0.29, 0.717) is 32.5 Å². The molecule has 0 spiro atoms. The van der Waals surface area contributed by atoms with Gasteiger partial charge in [-0.2, -0.15) is 0 Å². The highest BCUT2D eigenvalue weighted by Crippen LogP contribution is 2.26. The zero-order chi connectivity index (χ0) is 21.6. The molecule has 164 valence electrons. The SMILES string of the molecule is O=C(CC[C@@H]1CNC(=O)[C@@H]2C[C@H](NCc3ccccn3)CN12)NCc1ccc(F)cc1. The van der Waals surface area contributed by atoms with Crippen LogP contribution in [-0.4, -0.2) is 52.9 Å². The van der Waals surface area contributed by atoms with E-state index in [1.165, 1.54) is 12.1 Å². The number of benzene rings is 1. The number of hydrogen-bond acceptors (Lipinski definition) is 5. The Bertz CT molecular complexity index is 893. The van der Waals surface area contributed by atoms with Gasteiger partial charge >= 0.3 is 0 Å². The fraction of sp³-hybridized carbons (Fsp3) is 0.435. The van der Waals surface area contributed by atoms with Gasteiger partial charge in [-0.3, -0.25) is 19.5 Å². The number of amides is 2. The van der Waals surface area contributed by atoms with Crippen molar-refractivity contribution in [2.45, 2.75) is 50.5 Å². The fourth-order valence-electron chi connectivity index (χ4n) is 4.33. The summed E-state index contributed by atoms with van der Waals surface area (Å²) in [6.07, 6.45) is 3.60. The quantitative estimate of drug-likeness (QED) is 0.595. The summed E-state index contributed by atoms with van der Waals surface area (Å²) in [5.74, 6) is -0.261. The lowest BCUT2D eigenvalue weighted by Gasteiger charge is -2.37. The van der Waals surface area contributed by atoms with Gasteiger partial charge in [0.15, 0.2) is 0 Å². The van der Waals surface area contributed by atoms with Crippen molar-refractivity contribution in [1.29, 1.82) is 0 Å². The van der Waals surface area contributed by atoms with E-state index < -0.39 is 0 Å². The van der Waals surface area contributed by atoms with Crippen LogP contribution in [-0.2, 0) is 22.7 Å². The smallest absolute Gasteiger partial charge is 0.237 e. The Kier molecular flexibility index (Phi) is 6.89. The molecular formula is C23H28FN5O2. The van der Waals surface area contributed by atoms with E-state index in [4.69, 9.17) is 0 Å². The molecule has 1 aromatic carbocycles. The van der Waals surface area contributed by atoms with Crippen LogP contribution in [0.5, 0.6) is 0 Å². The molecule has 3 heterocycles. The zero-order valence-corrected chi connectivity index (χ0v) is 17.4. The van der Waals surface area contributed by atoms with Crippen molar-refractivity contribution >= 4 is 11.8 Å². The van der Waals surface area contributed by atoms with E-state index in [9.17, 15) is 14.0 Å². The second-order valence-corrected chi connectivity index (χ2v) is 8.19. The maximum Gasteiger partial charge on any atom is 0.237 e. The highest BCUT2D eigenvalue weighted by atomic mass is 19.1. The van der Waals surface area contributed by atoms with Crippen molar-refractivity contribution in [3.63, 3.8) is 0 Å². The maximum atomic E-state index is 13.0. The van der Waals surface area contributed by atoms with Gasteiger partial charge in [-0.1, -0.05) is 18.2 Å². The van der Waals surface area contributed by atoms with Crippen LogP contribution in [0.4, 0.5) is 4.39 Å². The second kappa shape index (κ2) is 9.98. The molecule has 4 rings (SSSR count). The van der Waals surface area contributed by atoms with Gasteiger partial charge in [0.25, 0.3) is 0 Å². The number of nitrogens with one attached hydrogen (secondary N) is 3. The van der Waals surface area contributed by atoms with Crippen LogP contribution in [0.3, 0.4) is 0 Å². The van der Waals surface area contributed by atoms with E-state index >= 15 is 0 Å². The topological polar surface area (TPSA) is 86.4 Å². The van der Waals surface area contributed by atoms with Crippen molar-refractivity contribution in [3.8, 4) is 0 Å². The molecular weight excluding hydrogens is 397 g/mol. The Balaban J connectivity index is 1.25. The third-order valence-corrected chi connectivity index (χ3v) is 6.03. The molecule has 2 aliphatic heterocycles. The molecule has 8 heteroatoms. The van der Waals surface area contributed by atoms with Crippen molar-refractivity contribution < 1.29 is 14.0 Å². The standard InChI is InChI=1S/C23H28FN5O2/c24-17-6-4-16(5-7-17)12-27-22(30)9-8-20-14-28-23(31)21-11-19(15-29(20)21)26-13-18-3-1-2-10-25-18/h1-7,10,19-21,26H,8-9,11-15H2,(H,27,30)(H,28,31)/t19-,20+,21-/m0/s1. The summed E-state index contributed by atoms with van der Waals surface area (Å²) in [5, 5.41) is 9.40. The lowest BCUT2D eigenvalue weighted by Crippen LogP contribution is -2.58. The molecule has 3 atom stereocenters. The number of nitrogens with zero attached hydrogens (tertiary/aromatic N) is 2. The lowest BCUT2D eigenvalue weighted by molar-refractivity contribution is -0.129. The number of fused-ring (bicyclic) bond motifs is 1. The summed E-state index contributed by atoms with van der Waals surface area (Å²) in [6.45, 7) is 2.40.